The number of carbonyl (C=O) groups is 2. The molecule has 0 aliphatic carbocycles. The average Bonchev–Trinajstić information content (AvgIpc) is 3.63. The number of nitrogens with one attached hydrogen (secondary N) is 1. The number of esters is 1. The van der Waals surface area contributed by atoms with E-state index in [1.165, 1.54) is 405 Å². The van der Waals surface area contributed by atoms with Gasteiger partial charge in [0.25, 0.3) is 0 Å². The van der Waals surface area contributed by atoms with Gasteiger partial charge < -0.3 is 20.3 Å². The molecule has 0 saturated heterocycles. The lowest BCUT2D eigenvalue weighted by Crippen LogP contribution is -2.45. The first-order valence-corrected chi connectivity index (χ1v) is 43.2. The van der Waals surface area contributed by atoms with Crippen molar-refractivity contribution in [3.63, 3.8) is 0 Å². The Labute approximate surface area is 589 Å². The molecule has 0 radical (unpaired) electrons. The van der Waals surface area contributed by atoms with E-state index >= 15 is 0 Å². The van der Waals surface area contributed by atoms with Gasteiger partial charge in [0, 0.05) is 12.8 Å². The molecule has 0 aliphatic heterocycles. The summed E-state index contributed by atoms with van der Waals surface area (Å²) in [6, 6.07) is -0.541. The summed E-state index contributed by atoms with van der Waals surface area (Å²) in [4.78, 5) is 24.7. The third-order valence-corrected chi connectivity index (χ3v) is 20.4. The average molecular weight is 1320 g/mol. The summed E-state index contributed by atoms with van der Waals surface area (Å²) in [7, 11) is 0. The zero-order valence-electron chi connectivity index (χ0n) is 64.0. The molecule has 0 aliphatic rings. The van der Waals surface area contributed by atoms with E-state index in [2.05, 4.69) is 55.6 Å². The van der Waals surface area contributed by atoms with Gasteiger partial charge in [-0.05, 0) is 83.5 Å². The Morgan fingerprint density at radius 2 is 0.532 bits per heavy atom. The van der Waals surface area contributed by atoms with Crippen molar-refractivity contribution >= 4 is 11.9 Å². The zero-order chi connectivity index (χ0) is 67.7. The van der Waals surface area contributed by atoms with Crippen LogP contribution in [0, 0.1) is 0 Å². The summed E-state index contributed by atoms with van der Waals surface area (Å²) in [6.45, 7) is 5.00. The van der Waals surface area contributed by atoms with E-state index in [0.717, 1.165) is 51.4 Å². The first kappa shape index (κ1) is 92.1. The molecule has 0 aromatic carbocycles. The van der Waals surface area contributed by atoms with Crippen LogP contribution < -0.4 is 5.32 Å². The standard InChI is InChI=1S/C88H169NO5/c1-3-5-7-9-11-13-15-17-19-20-21-22-40-43-46-49-53-56-60-64-68-72-76-80-86(91)85(84-90)89-87(92)81-77-73-69-65-61-57-54-50-47-44-41-38-36-34-32-30-28-26-24-23-25-27-29-31-33-35-37-39-42-45-48-51-55-59-63-67-71-75-79-83-94-88(93)82-78-74-70-66-62-58-52-18-16-14-12-10-8-6-4-2/h18,23-24,27,29,52,85-86,90-91H,3-17,19-22,25-26,28,30-51,53-84H2,1-2H3,(H,89,92)/b24-23-,29-27-,52-18-. The first-order chi connectivity index (χ1) is 46.5. The lowest BCUT2D eigenvalue weighted by molar-refractivity contribution is -0.143. The number of amides is 1. The Kier molecular flexibility index (Phi) is 81.8. The van der Waals surface area contributed by atoms with Crippen molar-refractivity contribution in [1.82, 2.24) is 5.32 Å². The number of allylic oxidation sites excluding steroid dienone is 6. The van der Waals surface area contributed by atoms with Crippen LogP contribution in [0.3, 0.4) is 0 Å². The van der Waals surface area contributed by atoms with Crippen LogP contribution in [0.1, 0.15) is 489 Å². The van der Waals surface area contributed by atoms with E-state index in [4.69, 9.17) is 4.74 Å². The highest BCUT2D eigenvalue weighted by Gasteiger charge is 2.20. The number of carbonyl (C=O) groups excluding carboxylic acids is 2. The molecule has 0 fully saturated rings. The summed E-state index contributed by atoms with van der Waals surface area (Å²) in [5.41, 5.74) is 0. The fraction of sp³-hybridized carbons (Fsp3) is 0.909. The molecular weight excluding hydrogens is 1150 g/mol. The van der Waals surface area contributed by atoms with Gasteiger partial charge in [-0.1, -0.05) is 429 Å². The van der Waals surface area contributed by atoms with Crippen LogP contribution in [-0.2, 0) is 14.3 Å². The van der Waals surface area contributed by atoms with E-state index in [1.54, 1.807) is 0 Å². The summed E-state index contributed by atoms with van der Waals surface area (Å²) < 4.78 is 5.50. The highest BCUT2D eigenvalue weighted by atomic mass is 16.5. The summed E-state index contributed by atoms with van der Waals surface area (Å²) in [5.74, 6) is -0.0128. The second-order valence-corrected chi connectivity index (χ2v) is 29.9. The molecule has 556 valence electrons. The first-order valence-electron chi connectivity index (χ1n) is 43.2. The molecular formula is C88H169NO5. The highest BCUT2D eigenvalue weighted by molar-refractivity contribution is 5.76. The van der Waals surface area contributed by atoms with Crippen molar-refractivity contribution in [2.75, 3.05) is 13.2 Å². The van der Waals surface area contributed by atoms with E-state index in [9.17, 15) is 19.8 Å². The van der Waals surface area contributed by atoms with Gasteiger partial charge in [0.05, 0.1) is 25.4 Å². The molecule has 94 heavy (non-hydrogen) atoms. The zero-order valence-corrected chi connectivity index (χ0v) is 64.0. The smallest absolute Gasteiger partial charge is 0.305 e. The van der Waals surface area contributed by atoms with Crippen LogP contribution in [-0.4, -0.2) is 47.4 Å². The van der Waals surface area contributed by atoms with E-state index in [1.807, 2.05) is 0 Å². The molecule has 0 rings (SSSR count). The fourth-order valence-electron chi connectivity index (χ4n) is 13.8. The topological polar surface area (TPSA) is 95.9 Å². The summed E-state index contributed by atoms with van der Waals surface area (Å²) in [5, 5.41) is 23.5. The second kappa shape index (κ2) is 83.5. The van der Waals surface area contributed by atoms with Crippen LogP contribution in [0.25, 0.3) is 0 Å². The Hall–Kier alpha value is -1.92. The third-order valence-electron chi connectivity index (χ3n) is 20.4. The SMILES string of the molecule is CCCCCCCC/C=C\CCCCCCCC(=O)OCCCCCCCCCCCCCCCCC/C=C\C/C=C\CCCCCCCCCCCCCCCCCCCC(=O)NC(CO)C(O)CCCCCCCCCCCCCCCCCCCCCCCCC. The van der Waals surface area contributed by atoms with Crippen molar-refractivity contribution in [2.45, 2.75) is 501 Å². The molecule has 6 nitrogen and oxygen atoms in total. The van der Waals surface area contributed by atoms with Gasteiger partial charge in [-0.3, -0.25) is 9.59 Å². The molecule has 0 aromatic heterocycles. The minimum atomic E-state index is -0.664. The van der Waals surface area contributed by atoms with Gasteiger partial charge in [0.1, 0.15) is 0 Å². The fourth-order valence-corrected chi connectivity index (χ4v) is 13.8. The Morgan fingerprint density at radius 3 is 0.819 bits per heavy atom. The molecule has 6 heteroatoms. The lowest BCUT2D eigenvalue weighted by Gasteiger charge is -2.22. The van der Waals surface area contributed by atoms with Crippen molar-refractivity contribution in [3.8, 4) is 0 Å². The number of aliphatic hydroxyl groups excluding tert-OH is 2. The number of ether oxygens (including phenoxy) is 1. The number of rotatable bonds is 82. The maximum atomic E-state index is 12.6. The van der Waals surface area contributed by atoms with Crippen LogP contribution >= 0.6 is 0 Å². The van der Waals surface area contributed by atoms with Crippen molar-refractivity contribution < 1.29 is 24.5 Å². The minimum absolute atomic E-state index is 0.0133. The number of aliphatic hydroxyl groups is 2. The lowest BCUT2D eigenvalue weighted by atomic mass is 10.0. The van der Waals surface area contributed by atoms with Gasteiger partial charge in [0.2, 0.25) is 5.91 Å². The maximum Gasteiger partial charge on any atom is 0.305 e. The van der Waals surface area contributed by atoms with Gasteiger partial charge in [0.15, 0.2) is 0 Å². The second-order valence-electron chi connectivity index (χ2n) is 29.9. The predicted octanol–water partition coefficient (Wildman–Crippen LogP) is 28.9. The van der Waals surface area contributed by atoms with Crippen molar-refractivity contribution in [1.29, 1.82) is 0 Å². The Balaban J connectivity index is 3.36. The molecule has 0 bridgehead atoms. The Morgan fingerprint density at radius 1 is 0.298 bits per heavy atom. The monoisotopic (exact) mass is 1320 g/mol. The quantitative estimate of drug-likeness (QED) is 0.0320. The third kappa shape index (κ3) is 79.1. The molecule has 0 aromatic rings. The summed E-state index contributed by atoms with van der Waals surface area (Å²) >= 11 is 0. The normalized spacial score (nSPS) is 12.6. The van der Waals surface area contributed by atoms with Crippen molar-refractivity contribution in [3.05, 3.63) is 36.5 Å². The molecule has 2 unspecified atom stereocenters. The number of hydrogen-bond donors (Lipinski definition) is 3. The van der Waals surface area contributed by atoms with Gasteiger partial charge in [-0.25, -0.2) is 0 Å². The van der Waals surface area contributed by atoms with E-state index < -0.39 is 12.1 Å². The van der Waals surface area contributed by atoms with Crippen LogP contribution in [0.4, 0.5) is 0 Å². The number of hydrogen-bond acceptors (Lipinski definition) is 5. The van der Waals surface area contributed by atoms with Gasteiger partial charge in [-0.2, -0.15) is 0 Å². The minimum Gasteiger partial charge on any atom is -0.466 e. The molecule has 2 atom stereocenters. The van der Waals surface area contributed by atoms with Crippen molar-refractivity contribution in [2.24, 2.45) is 0 Å². The maximum absolute atomic E-state index is 12.6. The van der Waals surface area contributed by atoms with Gasteiger partial charge in [-0.15, -0.1) is 0 Å². The largest absolute Gasteiger partial charge is 0.466 e. The highest BCUT2D eigenvalue weighted by Crippen LogP contribution is 2.21. The number of unbranched alkanes of at least 4 members (excludes halogenated alkanes) is 65. The Bertz CT molecular complexity index is 1520. The van der Waals surface area contributed by atoms with E-state index in [0.29, 0.717) is 25.9 Å². The molecule has 0 heterocycles. The van der Waals surface area contributed by atoms with Crippen LogP contribution in [0.5, 0.6) is 0 Å². The van der Waals surface area contributed by atoms with Crippen LogP contribution in [0.15, 0.2) is 36.5 Å². The molecule has 3 N–H and O–H groups in total. The molecule has 0 spiro atoms. The van der Waals surface area contributed by atoms with Gasteiger partial charge >= 0.3 is 5.97 Å². The molecule has 0 saturated carbocycles. The molecule has 1 amide bonds. The summed E-state index contributed by atoms with van der Waals surface area (Å²) in [6.07, 6.45) is 110. The van der Waals surface area contributed by atoms with Crippen LogP contribution in [0.2, 0.25) is 0 Å². The van der Waals surface area contributed by atoms with E-state index in [-0.39, 0.29) is 18.5 Å². The predicted molar refractivity (Wildman–Crippen MR) is 416 cm³/mol.